The highest BCUT2D eigenvalue weighted by molar-refractivity contribution is 5.68. The number of pyridine rings is 1. The number of carboxylic acids is 1. The molecule has 2 aliphatic rings. The number of anilines is 1. The van der Waals surface area contributed by atoms with E-state index in [9.17, 15) is 14.7 Å². The summed E-state index contributed by atoms with van der Waals surface area (Å²) in [4.78, 5) is 28.6. The standard InChI is InChI=1S/C24H25N3O7/c28-22-13-18(10-16(12-23(29)30)15-2-4-19-21(11-15)33-14-32-19)34-27(22)8-6-17-3-5-20-24(26-17)25-7-1-9-31-20/h2-5,11,13,16H,1,6-10,12,14H2,(H,25,26)(H,29,30). The van der Waals surface area contributed by atoms with Gasteiger partial charge in [0.2, 0.25) is 6.79 Å². The van der Waals surface area contributed by atoms with Crippen molar-refractivity contribution < 1.29 is 28.6 Å². The number of benzene rings is 1. The SMILES string of the molecule is O=C(O)CC(Cc1cc(=O)n(CCc2ccc3c(n2)NCCCO3)o1)c1ccc2c(c1)OCO2. The van der Waals surface area contributed by atoms with E-state index in [0.29, 0.717) is 42.6 Å². The average Bonchev–Trinajstić information content (AvgIpc) is 3.35. The molecule has 4 heterocycles. The maximum absolute atomic E-state index is 12.5. The second kappa shape index (κ2) is 9.50. The van der Waals surface area contributed by atoms with Gasteiger partial charge in [-0.05, 0) is 36.2 Å². The number of ether oxygens (including phenoxy) is 3. The van der Waals surface area contributed by atoms with Crippen LogP contribution in [0.5, 0.6) is 17.2 Å². The van der Waals surface area contributed by atoms with Gasteiger partial charge in [-0.1, -0.05) is 6.07 Å². The van der Waals surface area contributed by atoms with Crippen LogP contribution >= 0.6 is 0 Å². The van der Waals surface area contributed by atoms with Gasteiger partial charge in [0.05, 0.1) is 19.6 Å². The lowest BCUT2D eigenvalue weighted by atomic mass is 9.91. The Labute approximate surface area is 195 Å². The average molecular weight is 467 g/mol. The third-order valence-electron chi connectivity index (χ3n) is 5.85. The van der Waals surface area contributed by atoms with Crippen LogP contribution in [0.15, 0.2) is 45.7 Å². The van der Waals surface area contributed by atoms with Crippen LogP contribution in [0, 0.1) is 0 Å². The van der Waals surface area contributed by atoms with Gasteiger partial charge in [0.15, 0.2) is 23.1 Å². The first-order chi connectivity index (χ1) is 16.5. The number of carbonyl (C=O) groups is 1. The van der Waals surface area contributed by atoms with E-state index in [1.165, 1.54) is 10.8 Å². The minimum atomic E-state index is -0.934. The molecule has 1 unspecified atom stereocenters. The molecule has 2 aliphatic heterocycles. The van der Waals surface area contributed by atoms with Crippen molar-refractivity contribution in [3.8, 4) is 17.2 Å². The fraction of sp³-hybridized carbons (Fsp3) is 0.375. The minimum Gasteiger partial charge on any atom is -0.490 e. The molecule has 0 saturated carbocycles. The van der Waals surface area contributed by atoms with Gasteiger partial charge in [0.25, 0.3) is 5.56 Å². The molecule has 5 rings (SSSR count). The summed E-state index contributed by atoms with van der Waals surface area (Å²) >= 11 is 0. The highest BCUT2D eigenvalue weighted by Crippen LogP contribution is 2.36. The molecule has 34 heavy (non-hydrogen) atoms. The highest BCUT2D eigenvalue weighted by atomic mass is 16.7. The van der Waals surface area contributed by atoms with Crippen LogP contribution in [-0.4, -0.2) is 40.7 Å². The molecule has 10 nitrogen and oxygen atoms in total. The number of aliphatic carboxylic acids is 1. The zero-order valence-electron chi connectivity index (χ0n) is 18.5. The van der Waals surface area contributed by atoms with Crippen molar-refractivity contribution >= 4 is 11.8 Å². The molecule has 0 bridgehead atoms. The number of hydrogen-bond acceptors (Lipinski definition) is 8. The molecule has 2 N–H and O–H groups in total. The summed E-state index contributed by atoms with van der Waals surface area (Å²) in [5.74, 6) is 1.76. The Kier molecular flexibility index (Phi) is 6.11. The van der Waals surface area contributed by atoms with Crippen molar-refractivity contribution in [2.24, 2.45) is 0 Å². The fourth-order valence-electron chi connectivity index (χ4n) is 4.15. The number of rotatable bonds is 8. The van der Waals surface area contributed by atoms with Gasteiger partial charge in [-0.2, -0.15) is 4.74 Å². The quantitative estimate of drug-likeness (QED) is 0.514. The molecule has 178 valence electrons. The number of aromatic nitrogens is 2. The predicted molar refractivity (Wildman–Crippen MR) is 121 cm³/mol. The van der Waals surface area contributed by atoms with Crippen LogP contribution < -0.4 is 25.1 Å². The highest BCUT2D eigenvalue weighted by Gasteiger charge is 2.23. The number of hydrogen-bond donors (Lipinski definition) is 2. The van der Waals surface area contributed by atoms with E-state index in [0.717, 1.165) is 30.0 Å². The van der Waals surface area contributed by atoms with E-state index < -0.39 is 5.97 Å². The van der Waals surface area contributed by atoms with E-state index in [4.69, 9.17) is 18.7 Å². The first-order valence-corrected chi connectivity index (χ1v) is 11.2. The molecule has 10 heteroatoms. The van der Waals surface area contributed by atoms with Gasteiger partial charge in [-0.3, -0.25) is 9.59 Å². The molecular weight excluding hydrogens is 442 g/mol. The Balaban J connectivity index is 1.29. The van der Waals surface area contributed by atoms with Gasteiger partial charge in [-0.25, -0.2) is 4.98 Å². The molecule has 0 fully saturated rings. The number of nitrogens with zero attached hydrogens (tertiary/aromatic N) is 2. The predicted octanol–water partition coefficient (Wildman–Crippen LogP) is 2.80. The molecule has 0 radical (unpaired) electrons. The molecule has 0 amide bonds. The van der Waals surface area contributed by atoms with Gasteiger partial charge < -0.3 is 29.2 Å². The summed E-state index contributed by atoms with van der Waals surface area (Å²) in [6.45, 7) is 1.91. The Morgan fingerprint density at radius 1 is 1.12 bits per heavy atom. The van der Waals surface area contributed by atoms with Gasteiger partial charge in [0, 0.05) is 37.1 Å². The molecule has 0 saturated heterocycles. The summed E-state index contributed by atoms with van der Waals surface area (Å²) in [6.07, 6.45) is 1.57. The second-order valence-corrected chi connectivity index (χ2v) is 8.28. The van der Waals surface area contributed by atoms with Crippen LogP contribution in [0.25, 0.3) is 0 Å². The summed E-state index contributed by atoms with van der Waals surface area (Å²) in [5.41, 5.74) is 1.32. The lowest BCUT2D eigenvalue weighted by Crippen LogP contribution is -2.15. The number of carboxylic acid groups (broad SMARTS) is 1. The topological polar surface area (TPSA) is 125 Å². The van der Waals surface area contributed by atoms with E-state index in [-0.39, 0.29) is 31.1 Å². The van der Waals surface area contributed by atoms with Crippen LogP contribution in [0.1, 0.15) is 35.8 Å². The minimum absolute atomic E-state index is 0.108. The Hall–Kier alpha value is -3.95. The van der Waals surface area contributed by atoms with Gasteiger partial charge >= 0.3 is 5.97 Å². The molecule has 3 aromatic rings. The molecule has 0 aliphatic carbocycles. The first kappa shape index (κ1) is 21.9. The monoisotopic (exact) mass is 467 g/mol. The zero-order chi connectivity index (χ0) is 23.5. The number of nitrogens with one attached hydrogen (secondary N) is 1. The van der Waals surface area contributed by atoms with E-state index in [1.54, 1.807) is 12.1 Å². The third kappa shape index (κ3) is 4.85. The number of fused-ring (bicyclic) bond motifs is 2. The molecule has 1 atom stereocenters. The number of aryl methyl sites for hydroxylation is 2. The Morgan fingerprint density at radius 2 is 1.97 bits per heavy atom. The largest absolute Gasteiger partial charge is 0.490 e. The van der Waals surface area contributed by atoms with Crippen molar-refractivity contribution in [1.82, 2.24) is 9.72 Å². The normalized spacial score (nSPS) is 15.1. The second-order valence-electron chi connectivity index (χ2n) is 8.28. The smallest absolute Gasteiger partial charge is 0.303 e. The van der Waals surface area contributed by atoms with Crippen LogP contribution in [0.4, 0.5) is 5.82 Å². The van der Waals surface area contributed by atoms with Crippen molar-refractivity contribution in [1.29, 1.82) is 0 Å². The Bertz CT molecular complexity index is 1250. The zero-order valence-corrected chi connectivity index (χ0v) is 18.5. The van der Waals surface area contributed by atoms with E-state index >= 15 is 0 Å². The van der Waals surface area contributed by atoms with Crippen molar-refractivity contribution in [2.75, 3.05) is 25.3 Å². The molecule has 1 aromatic carbocycles. The maximum atomic E-state index is 12.5. The molecular formula is C24H25N3O7. The Morgan fingerprint density at radius 3 is 2.85 bits per heavy atom. The lowest BCUT2D eigenvalue weighted by Gasteiger charge is -2.14. The fourth-order valence-corrected chi connectivity index (χ4v) is 4.15. The maximum Gasteiger partial charge on any atom is 0.303 e. The lowest BCUT2D eigenvalue weighted by molar-refractivity contribution is -0.137. The van der Waals surface area contributed by atoms with Crippen LogP contribution in [0.3, 0.4) is 0 Å². The van der Waals surface area contributed by atoms with E-state index in [2.05, 4.69) is 10.3 Å². The summed E-state index contributed by atoms with van der Waals surface area (Å²) < 4.78 is 23.5. The van der Waals surface area contributed by atoms with Gasteiger partial charge in [-0.15, -0.1) is 0 Å². The van der Waals surface area contributed by atoms with Crippen LogP contribution in [-0.2, 0) is 24.2 Å². The molecule has 2 aromatic heterocycles. The van der Waals surface area contributed by atoms with Crippen LogP contribution in [0.2, 0.25) is 0 Å². The van der Waals surface area contributed by atoms with Crippen molar-refractivity contribution in [2.45, 2.75) is 38.1 Å². The summed E-state index contributed by atoms with van der Waals surface area (Å²) in [7, 11) is 0. The molecule has 0 spiro atoms. The summed E-state index contributed by atoms with van der Waals surface area (Å²) in [6, 6.07) is 10.5. The third-order valence-corrected chi connectivity index (χ3v) is 5.85. The van der Waals surface area contributed by atoms with Crippen molar-refractivity contribution in [3.05, 3.63) is 63.8 Å². The van der Waals surface area contributed by atoms with Crippen molar-refractivity contribution in [3.63, 3.8) is 0 Å². The summed E-state index contributed by atoms with van der Waals surface area (Å²) in [5, 5.41) is 12.7. The first-order valence-electron chi connectivity index (χ1n) is 11.2. The van der Waals surface area contributed by atoms with Gasteiger partial charge in [0.1, 0.15) is 5.76 Å². The van der Waals surface area contributed by atoms with E-state index in [1.807, 2.05) is 18.2 Å².